The molecule has 0 unspecified atom stereocenters. The van der Waals surface area contributed by atoms with Crippen LogP contribution in [0.25, 0.3) is 10.4 Å². The number of rotatable bonds is 3. The minimum absolute atomic E-state index is 0.119. The zero-order chi connectivity index (χ0) is 18.5. The second-order valence-electron chi connectivity index (χ2n) is 5.87. The molecule has 0 fully saturated rings. The molecule has 1 aliphatic rings. The molecule has 2 aromatic carbocycles. The fraction of sp³-hybridized carbons (Fsp3) is 0.136. The number of thiophene rings is 1. The summed E-state index contributed by atoms with van der Waals surface area (Å²) in [4.78, 5) is 14.0. The van der Waals surface area contributed by atoms with Crippen LogP contribution in [0.5, 0.6) is 11.5 Å². The lowest BCUT2D eigenvalue weighted by atomic mass is 10.1. The summed E-state index contributed by atoms with van der Waals surface area (Å²) in [7, 11) is 0. The number of ether oxygens (including phenoxy) is 2. The predicted octanol–water partition coefficient (Wildman–Crippen LogP) is 3.97. The van der Waals surface area contributed by atoms with Gasteiger partial charge < -0.3 is 14.8 Å². The summed E-state index contributed by atoms with van der Waals surface area (Å²) in [6.07, 6.45) is 0. The fourth-order valence-electron chi connectivity index (χ4n) is 2.69. The predicted molar refractivity (Wildman–Crippen MR) is 106 cm³/mol. The third kappa shape index (κ3) is 4.13. The van der Waals surface area contributed by atoms with E-state index in [1.165, 1.54) is 11.3 Å². The van der Waals surface area contributed by atoms with Gasteiger partial charge in [0.05, 0.1) is 11.4 Å². The van der Waals surface area contributed by atoms with E-state index in [-0.39, 0.29) is 5.91 Å². The van der Waals surface area contributed by atoms with Crippen LogP contribution in [0.1, 0.15) is 15.2 Å². The molecule has 0 spiro atoms. The molecule has 1 aromatic heterocycles. The summed E-state index contributed by atoms with van der Waals surface area (Å²) < 4.78 is 11.2. The number of carbonyl (C=O) groups is 1. The summed E-state index contributed by atoms with van der Waals surface area (Å²) in [5.74, 6) is 7.38. The molecule has 1 aliphatic heterocycles. The number of carbonyl (C=O) groups excluding carboxylic acids is 1. The van der Waals surface area contributed by atoms with Gasteiger partial charge in [-0.3, -0.25) is 4.79 Å². The molecule has 1 N–H and O–H groups in total. The first-order chi connectivity index (χ1) is 13.3. The van der Waals surface area contributed by atoms with Gasteiger partial charge in [-0.1, -0.05) is 30.0 Å². The van der Waals surface area contributed by atoms with Gasteiger partial charge in [0.1, 0.15) is 13.2 Å². The van der Waals surface area contributed by atoms with E-state index in [2.05, 4.69) is 17.2 Å². The number of hydrogen-bond donors (Lipinski definition) is 1. The molecule has 27 heavy (non-hydrogen) atoms. The van der Waals surface area contributed by atoms with Gasteiger partial charge in [0.25, 0.3) is 5.91 Å². The van der Waals surface area contributed by atoms with Gasteiger partial charge in [0.15, 0.2) is 11.5 Å². The highest BCUT2D eigenvalue weighted by atomic mass is 32.1. The molecule has 0 bridgehead atoms. The smallest absolute Gasteiger partial charge is 0.262 e. The van der Waals surface area contributed by atoms with Gasteiger partial charge in [-0.15, -0.1) is 11.3 Å². The van der Waals surface area contributed by atoms with E-state index < -0.39 is 0 Å². The Bertz CT molecular complexity index is 1010. The molecule has 134 valence electrons. The van der Waals surface area contributed by atoms with Crippen molar-refractivity contribution in [3.63, 3.8) is 0 Å². The van der Waals surface area contributed by atoms with Crippen LogP contribution in [0.15, 0.2) is 60.7 Å². The van der Waals surface area contributed by atoms with Crippen LogP contribution in [0.3, 0.4) is 0 Å². The van der Waals surface area contributed by atoms with Gasteiger partial charge in [-0.05, 0) is 48.0 Å². The van der Waals surface area contributed by atoms with Gasteiger partial charge in [-0.25, -0.2) is 0 Å². The zero-order valence-corrected chi connectivity index (χ0v) is 15.3. The lowest BCUT2D eigenvalue weighted by Crippen LogP contribution is -2.22. The first kappa shape index (κ1) is 17.2. The van der Waals surface area contributed by atoms with E-state index in [4.69, 9.17) is 9.47 Å². The van der Waals surface area contributed by atoms with Crippen LogP contribution in [0.4, 0.5) is 0 Å². The van der Waals surface area contributed by atoms with Crippen molar-refractivity contribution in [2.75, 3.05) is 19.8 Å². The number of hydrogen-bond acceptors (Lipinski definition) is 4. The lowest BCUT2D eigenvalue weighted by Gasteiger charge is -2.18. The van der Waals surface area contributed by atoms with Crippen LogP contribution in [-0.4, -0.2) is 25.7 Å². The van der Waals surface area contributed by atoms with Crippen LogP contribution < -0.4 is 14.8 Å². The topological polar surface area (TPSA) is 47.6 Å². The Morgan fingerprint density at radius 2 is 1.81 bits per heavy atom. The average Bonchev–Trinajstić information content (AvgIpc) is 3.22. The van der Waals surface area contributed by atoms with Crippen molar-refractivity contribution in [2.45, 2.75) is 0 Å². The van der Waals surface area contributed by atoms with Crippen LogP contribution in [0.2, 0.25) is 0 Å². The Hall–Kier alpha value is -3.23. The van der Waals surface area contributed by atoms with Crippen molar-refractivity contribution in [2.24, 2.45) is 0 Å². The van der Waals surface area contributed by atoms with E-state index >= 15 is 0 Å². The van der Waals surface area contributed by atoms with E-state index in [1.807, 2.05) is 60.7 Å². The van der Waals surface area contributed by atoms with E-state index in [0.29, 0.717) is 24.6 Å². The Morgan fingerprint density at radius 1 is 1.00 bits per heavy atom. The first-order valence-corrected chi connectivity index (χ1v) is 9.43. The van der Waals surface area contributed by atoms with Crippen molar-refractivity contribution in [1.82, 2.24) is 5.32 Å². The summed E-state index contributed by atoms with van der Waals surface area (Å²) in [5.41, 5.74) is 1.94. The van der Waals surface area contributed by atoms with Gasteiger partial charge in [0.2, 0.25) is 0 Å². The summed E-state index contributed by atoms with van der Waals surface area (Å²) >= 11 is 1.44. The van der Waals surface area contributed by atoms with Crippen LogP contribution >= 0.6 is 11.3 Å². The van der Waals surface area contributed by atoms with E-state index in [1.54, 1.807) is 0 Å². The molecular weight excluding hydrogens is 358 g/mol. The standard InChI is InChI=1S/C22H17NO3S/c24-22(23-12-4-7-16-5-2-1-3-6-16)21-11-10-20(27-21)17-8-9-18-19(15-17)26-14-13-25-18/h1-3,5-6,8-11,15H,12-14H2,(H,23,24). The zero-order valence-electron chi connectivity index (χ0n) is 14.5. The molecule has 1 amide bonds. The second kappa shape index (κ2) is 7.98. The molecule has 0 atom stereocenters. The molecule has 0 radical (unpaired) electrons. The highest BCUT2D eigenvalue weighted by Gasteiger charge is 2.14. The summed E-state index contributed by atoms with van der Waals surface area (Å²) in [6.45, 7) is 1.44. The van der Waals surface area contributed by atoms with Gasteiger partial charge >= 0.3 is 0 Å². The quantitative estimate of drug-likeness (QED) is 0.705. The van der Waals surface area contributed by atoms with Crippen molar-refractivity contribution < 1.29 is 14.3 Å². The number of benzene rings is 2. The minimum Gasteiger partial charge on any atom is -0.486 e. The Labute approximate surface area is 161 Å². The maximum Gasteiger partial charge on any atom is 0.262 e. The molecule has 3 aromatic rings. The van der Waals surface area contributed by atoms with Gasteiger partial charge in [0, 0.05) is 10.4 Å². The number of fused-ring (bicyclic) bond motifs is 1. The lowest BCUT2D eigenvalue weighted by molar-refractivity contribution is 0.0962. The molecule has 0 saturated heterocycles. The molecule has 4 rings (SSSR count). The summed E-state index contributed by atoms with van der Waals surface area (Å²) in [6, 6.07) is 19.3. The van der Waals surface area contributed by atoms with Gasteiger partial charge in [-0.2, -0.15) is 0 Å². The molecule has 4 nitrogen and oxygen atoms in total. The van der Waals surface area contributed by atoms with Crippen LogP contribution in [0, 0.1) is 11.8 Å². The first-order valence-electron chi connectivity index (χ1n) is 8.61. The number of nitrogens with one attached hydrogen (secondary N) is 1. The van der Waals surface area contributed by atoms with Crippen molar-refractivity contribution in [3.8, 4) is 33.8 Å². The Balaban J connectivity index is 1.40. The monoisotopic (exact) mass is 375 g/mol. The largest absolute Gasteiger partial charge is 0.486 e. The Kier molecular flexibility index (Phi) is 5.08. The maximum atomic E-state index is 12.3. The SMILES string of the molecule is O=C(NCC#Cc1ccccc1)c1ccc(-c2ccc3c(c2)OCCO3)s1. The van der Waals surface area contributed by atoms with Crippen molar-refractivity contribution in [1.29, 1.82) is 0 Å². The number of amides is 1. The Morgan fingerprint density at radius 3 is 2.67 bits per heavy atom. The van der Waals surface area contributed by atoms with Crippen LogP contribution in [-0.2, 0) is 0 Å². The highest BCUT2D eigenvalue weighted by Crippen LogP contribution is 2.36. The van der Waals surface area contributed by atoms with E-state index in [0.717, 1.165) is 27.5 Å². The minimum atomic E-state index is -0.119. The third-order valence-electron chi connectivity index (χ3n) is 4.00. The molecular formula is C22H17NO3S. The molecule has 0 aliphatic carbocycles. The maximum absolute atomic E-state index is 12.3. The molecule has 5 heteroatoms. The second-order valence-corrected chi connectivity index (χ2v) is 6.96. The van der Waals surface area contributed by atoms with Crippen molar-refractivity contribution in [3.05, 3.63) is 71.1 Å². The normalized spacial score (nSPS) is 12.0. The summed E-state index contributed by atoms with van der Waals surface area (Å²) in [5, 5.41) is 2.84. The van der Waals surface area contributed by atoms with Crippen molar-refractivity contribution >= 4 is 17.2 Å². The highest BCUT2D eigenvalue weighted by molar-refractivity contribution is 7.17. The molecule has 0 saturated carbocycles. The van der Waals surface area contributed by atoms with E-state index in [9.17, 15) is 4.79 Å². The fourth-order valence-corrected chi connectivity index (χ4v) is 3.61. The molecule has 2 heterocycles. The third-order valence-corrected chi connectivity index (χ3v) is 5.13. The average molecular weight is 375 g/mol.